The van der Waals surface area contributed by atoms with Gasteiger partial charge in [0.2, 0.25) is 15.4 Å². The Balaban J connectivity index is 0.000000187. The summed E-state index contributed by atoms with van der Waals surface area (Å²) in [5, 5.41) is 8.84. The van der Waals surface area contributed by atoms with Crippen LogP contribution in [0.4, 0.5) is 46.1 Å². The van der Waals surface area contributed by atoms with Crippen LogP contribution >= 0.6 is 34.6 Å². The zero-order chi connectivity index (χ0) is 75.8. The number of rotatable bonds is 24. The number of phenols is 1. The summed E-state index contributed by atoms with van der Waals surface area (Å²) in [6.07, 6.45) is 3.42. The fourth-order valence-corrected chi connectivity index (χ4v) is 15.2. The number of aryl methyl sites for hydroxylation is 3. The quantitative estimate of drug-likeness (QED) is 0.0419. The Labute approximate surface area is 603 Å². The Kier molecular flexibility index (Phi) is 26.5. The van der Waals surface area contributed by atoms with Crippen LogP contribution in [0.15, 0.2) is 161 Å². The third-order valence-corrected chi connectivity index (χ3v) is 21.1. The van der Waals surface area contributed by atoms with Gasteiger partial charge in [0.25, 0.3) is 30.1 Å². The highest BCUT2D eigenvalue weighted by molar-refractivity contribution is 7.93. The number of hydrogen-bond donors (Lipinski definition) is 2. The van der Waals surface area contributed by atoms with E-state index in [9.17, 15) is 47.2 Å². The summed E-state index contributed by atoms with van der Waals surface area (Å²) in [6, 6.07) is 27.2. The molecule has 3 heterocycles. The Morgan fingerprint density at radius 3 is 1.16 bits per heavy atom. The number of methoxy groups -OCH3 is 7. The maximum absolute atomic E-state index is 15.3. The summed E-state index contributed by atoms with van der Waals surface area (Å²) >= 11 is 2.28. The molecule has 0 spiro atoms. The summed E-state index contributed by atoms with van der Waals surface area (Å²) in [5.74, 6) is -6.01. The number of hydrogen-bond acceptors (Lipinski definition) is 25. The number of phenolic OH excluding ortho intramolecular Hbond substituents is 1. The first kappa shape index (κ1) is 78.9. The van der Waals surface area contributed by atoms with Crippen molar-refractivity contribution in [1.29, 1.82) is 0 Å². The van der Waals surface area contributed by atoms with Gasteiger partial charge < -0.3 is 47.7 Å². The number of anilines is 3. The van der Waals surface area contributed by atoms with Crippen molar-refractivity contribution in [2.75, 3.05) is 63.1 Å². The van der Waals surface area contributed by atoms with Crippen LogP contribution < -0.4 is 56.0 Å². The van der Waals surface area contributed by atoms with Gasteiger partial charge in [-0.05, 0) is 98.1 Å². The molecule has 0 aliphatic rings. The summed E-state index contributed by atoms with van der Waals surface area (Å²) in [4.78, 5) is 8.69. The molecule has 11 rings (SSSR count). The Bertz CT molecular complexity index is 5140. The van der Waals surface area contributed by atoms with Gasteiger partial charge in [0.15, 0.2) is 34.8 Å². The smallest absolute Gasteiger partial charge is 0.269 e. The Hall–Kier alpha value is -10.8. The van der Waals surface area contributed by atoms with E-state index in [2.05, 4.69) is 28.1 Å². The molecule has 0 atom stereocenters. The highest BCUT2D eigenvalue weighted by Crippen LogP contribution is 2.39. The largest absolute Gasteiger partial charge is 0.508 e. The van der Waals surface area contributed by atoms with Crippen LogP contribution in [-0.2, 0) is 43.2 Å². The lowest BCUT2D eigenvalue weighted by atomic mass is 10.2. The second-order valence-corrected chi connectivity index (χ2v) is 28.7. The van der Waals surface area contributed by atoms with Crippen LogP contribution in [0.1, 0.15) is 27.8 Å². The summed E-state index contributed by atoms with van der Waals surface area (Å²) in [5.41, 5.74) is 3.37. The number of sulfonamides is 3. The van der Waals surface area contributed by atoms with E-state index in [1.54, 1.807) is 93.8 Å². The van der Waals surface area contributed by atoms with E-state index in [1.807, 2.05) is 17.7 Å². The Morgan fingerprint density at radius 1 is 0.385 bits per heavy atom. The number of nitrogens with zero attached hydrogens (tertiary/aromatic N) is 8. The van der Waals surface area contributed by atoms with E-state index in [-0.39, 0.29) is 51.8 Å². The van der Waals surface area contributed by atoms with Crippen LogP contribution in [0.2, 0.25) is 0 Å². The van der Waals surface area contributed by atoms with E-state index < -0.39 is 97.0 Å². The maximum atomic E-state index is 15.3. The van der Waals surface area contributed by atoms with Crippen molar-refractivity contribution in [2.24, 2.45) is 0 Å². The van der Waals surface area contributed by atoms with Crippen molar-refractivity contribution in [1.82, 2.24) is 28.1 Å². The molecular weight excluding hydrogens is 1500 g/mol. The van der Waals surface area contributed by atoms with Gasteiger partial charge in [-0.3, -0.25) is 4.72 Å². The SMILES string of the molecule is COc1cc(C)cc(O)c1.COc1cc(C)cc(Oc2cc(F)c(S(=O)(=O)N(Cc3ccc(OC)cc3OC)c3ncns3)cc2F)c1.COc1cc(C)cc(Oc2cc(F)c(S(=O)(=O)Nc3ncns3)cc2F)c1.COc1ccc(CN(c2ncns2)S(=O)(=O)c2cc(F)c(F)cc2F)c(OC)c1. The maximum Gasteiger partial charge on any atom is 0.269 e. The molecule has 0 fully saturated rings. The fourth-order valence-electron chi connectivity index (χ4n) is 9.13. The van der Waals surface area contributed by atoms with Crippen molar-refractivity contribution in [3.8, 4) is 69.0 Å². The lowest BCUT2D eigenvalue weighted by molar-refractivity contribution is 0.391. The average Bonchev–Trinajstić information content (AvgIpc) is 1.76. The third-order valence-electron chi connectivity index (χ3n) is 13.9. The van der Waals surface area contributed by atoms with Crippen molar-refractivity contribution in [3.05, 3.63) is 215 Å². The van der Waals surface area contributed by atoms with Gasteiger partial charge >= 0.3 is 0 Å². The van der Waals surface area contributed by atoms with Crippen molar-refractivity contribution in [3.63, 3.8) is 0 Å². The van der Waals surface area contributed by atoms with E-state index in [4.69, 9.17) is 47.7 Å². The van der Waals surface area contributed by atoms with Gasteiger partial charge in [0.05, 0.1) is 62.9 Å². The molecule has 0 amide bonds. The van der Waals surface area contributed by atoms with Gasteiger partial charge in [-0.1, -0.05) is 0 Å². The minimum Gasteiger partial charge on any atom is -0.508 e. The highest BCUT2D eigenvalue weighted by atomic mass is 32.2. The molecule has 0 saturated carbocycles. The predicted molar refractivity (Wildman–Crippen MR) is 370 cm³/mol. The average molecular weight is 1560 g/mol. The fraction of sp³-hybridized carbons (Fsp3) is 0.182. The monoisotopic (exact) mass is 1560 g/mol. The summed E-state index contributed by atoms with van der Waals surface area (Å²) < 4.78 is 240. The summed E-state index contributed by atoms with van der Waals surface area (Å²) in [7, 11) is -3.46. The number of aromatic hydroxyl groups is 1. The molecule has 0 bridgehead atoms. The predicted octanol–water partition coefficient (Wildman–Crippen LogP) is 14.1. The lowest BCUT2D eigenvalue weighted by Crippen LogP contribution is -2.31. The number of benzene rings is 8. The van der Waals surface area contributed by atoms with Gasteiger partial charge in [-0.15, -0.1) is 0 Å². The molecule has 8 aromatic carbocycles. The van der Waals surface area contributed by atoms with Gasteiger partial charge in [0, 0.05) is 112 Å². The lowest BCUT2D eigenvalue weighted by Gasteiger charge is -2.23. The molecular formula is C66H60F7N9O16S6. The molecule has 38 heteroatoms. The number of ether oxygens (including phenoxy) is 9. The molecule has 104 heavy (non-hydrogen) atoms. The van der Waals surface area contributed by atoms with E-state index in [1.165, 1.54) is 54.8 Å². The molecule has 0 radical (unpaired) electrons. The normalized spacial score (nSPS) is 11.1. The summed E-state index contributed by atoms with van der Waals surface area (Å²) in [6.45, 7) is 4.83. The molecule has 11 aromatic rings. The zero-order valence-electron chi connectivity index (χ0n) is 56.0. The van der Waals surface area contributed by atoms with Gasteiger partial charge in [-0.25, -0.2) is 79.5 Å². The van der Waals surface area contributed by atoms with E-state index >= 15 is 8.78 Å². The standard InChI is InChI=1S/C25H23F2N3O6S2.C17H14F3N3O4S2.C16H13F2N3O4S2.C8H10O2/c1-15-7-18(34-3)9-19(8-15)36-23-11-21(27)24(12-20(23)26)38(31,32)30(25-28-14-29-37-25)13-16-5-6-17(33-2)10-22(16)35-4;1-26-11-4-3-10(15(5-11)27-2)8-23(17-21-9-22-28-17)29(24,25)16-7-13(19)12(18)6-14(16)20;1-9-3-10(24-2)5-11(4-9)25-14-6-13(18)15(7-12(14)17)27(22,23)21-16-19-8-20-26-16;1-6-3-7(9)5-8(4-6)10-2/h5-12,14H,13H2,1-4H3;3-7,9H,8H2,1-2H3;3-8H,1-2H3,(H,19,20,21);3-5,9H,1-2H3. The van der Waals surface area contributed by atoms with Gasteiger partial charge in [0.1, 0.15) is 109 Å². The number of nitrogens with one attached hydrogen (secondary N) is 1. The zero-order valence-corrected chi connectivity index (χ0v) is 60.9. The van der Waals surface area contributed by atoms with Crippen LogP contribution in [0.25, 0.3) is 0 Å². The van der Waals surface area contributed by atoms with E-state index in [0.29, 0.717) is 81.7 Å². The molecule has 0 saturated heterocycles. The van der Waals surface area contributed by atoms with Crippen molar-refractivity contribution < 1.29 is 104 Å². The second-order valence-electron chi connectivity index (χ2n) is 21.1. The molecule has 550 valence electrons. The Morgan fingerprint density at radius 2 is 0.760 bits per heavy atom. The number of aromatic nitrogens is 6. The first-order chi connectivity index (χ1) is 49.4. The first-order valence-corrected chi connectivity index (χ1v) is 36.1. The van der Waals surface area contributed by atoms with Crippen LogP contribution in [0.3, 0.4) is 0 Å². The highest BCUT2D eigenvalue weighted by Gasteiger charge is 2.35. The molecule has 0 aliphatic carbocycles. The molecule has 0 unspecified atom stereocenters. The number of halogens is 7. The molecule has 2 N–H and O–H groups in total. The molecule has 3 aromatic heterocycles. The third kappa shape index (κ3) is 19.9. The van der Waals surface area contributed by atoms with Crippen molar-refractivity contribution >= 4 is 80.1 Å². The molecule has 0 aliphatic heterocycles. The van der Waals surface area contributed by atoms with Crippen LogP contribution in [0.5, 0.6) is 69.0 Å². The second kappa shape index (κ2) is 34.9. The first-order valence-electron chi connectivity index (χ1n) is 29.4. The van der Waals surface area contributed by atoms with Crippen LogP contribution in [0, 0.1) is 61.5 Å². The van der Waals surface area contributed by atoms with Crippen LogP contribution in [-0.4, -0.2) is 108 Å². The minimum absolute atomic E-state index is 0.0464. The van der Waals surface area contributed by atoms with Gasteiger partial charge in [-0.2, -0.15) is 13.1 Å². The topological polar surface area (TPSA) is 302 Å². The van der Waals surface area contributed by atoms with Crippen molar-refractivity contribution in [2.45, 2.75) is 48.5 Å². The molecule has 25 nitrogen and oxygen atoms in total. The van der Waals surface area contributed by atoms with E-state index in [0.717, 1.165) is 78.9 Å². The minimum atomic E-state index is -4.66.